The lowest BCUT2D eigenvalue weighted by Gasteiger charge is -2.20. The molecule has 126 valence electrons. The second kappa shape index (κ2) is 6.08. The van der Waals surface area contributed by atoms with Gasteiger partial charge < -0.3 is 4.74 Å². The van der Waals surface area contributed by atoms with Crippen LogP contribution in [0.15, 0.2) is 12.3 Å². The molecule has 1 aromatic heterocycles. The van der Waals surface area contributed by atoms with E-state index in [1.807, 2.05) is 0 Å². The van der Waals surface area contributed by atoms with Gasteiger partial charge in [0.15, 0.2) is 5.75 Å². The Kier molecular flexibility index (Phi) is 5.19. The maximum Gasteiger partial charge on any atom is 0.523 e. The fourth-order valence-electron chi connectivity index (χ4n) is 1.18. The quantitative estimate of drug-likeness (QED) is 0.460. The summed E-state index contributed by atoms with van der Waals surface area (Å²) in [6.07, 6.45) is -8.27. The molecule has 0 amide bonds. The summed E-state index contributed by atoms with van der Waals surface area (Å²) in [4.78, 5) is 3.16. The minimum Gasteiger partial charge on any atom is -0.494 e. The van der Waals surface area contributed by atoms with Crippen molar-refractivity contribution in [3.63, 3.8) is 0 Å². The lowest BCUT2D eigenvalue weighted by molar-refractivity contribution is -0.201. The van der Waals surface area contributed by atoms with Gasteiger partial charge in [-0.3, -0.25) is 4.98 Å². The van der Waals surface area contributed by atoms with Gasteiger partial charge in [-0.1, -0.05) is 11.6 Å². The third-order valence-electron chi connectivity index (χ3n) is 2.13. The van der Waals surface area contributed by atoms with E-state index in [2.05, 4.69) is 13.9 Å². The van der Waals surface area contributed by atoms with Gasteiger partial charge in [0.05, 0.1) is 24.0 Å². The SMILES string of the molecule is COc1cnc(C(OS(=O)(=O)C(F)(F)F)C(F)(F)F)cc1Cl. The van der Waals surface area contributed by atoms with Crippen LogP contribution in [0.25, 0.3) is 0 Å². The molecule has 0 saturated heterocycles. The van der Waals surface area contributed by atoms with Gasteiger partial charge in [-0.15, -0.1) is 0 Å². The van der Waals surface area contributed by atoms with Crippen molar-refractivity contribution < 1.29 is 43.7 Å². The van der Waals surface area contributed by atoms with E-state index in [9.17, 15) is 34.8 Å². The van der Waals surface area contributed by atoms with Crippen LogP contribution in [0.1, 0.15) is 11.8 Å². The highest BCUT2D eigenvalue weighted by Gasteiger charge is 2.54. The molecule has 0 N–H and O–H groups in total. The molecule has 0 aliphatic heterocycles. The van der Waals surface area contributed by atoms with E-state index in [-0.39, 0.29) is 5.75 Å². The van der Waals surface area contributed by atoms with Gasteiger partial charge in [-0.25, -0.2) is 4.18 Å². The predicted molar refractivity (Wildman–Crippen MR) is 60.7 cm³/mol. The van der Waals surface area contributed by atoms with Crippen LogP contribution in [0.3, 0.4) is 0 Å². The fraction of sp³-hybridized carbons (Fsp3) is 0.444. The second-order valence-electron chi connectivity index (χ2n) is 3.66. The zero-order valence-electron chi connectivity index (χ0n) is 10.4. The van der Waals surface area contributed by atoms with E-state index >= 15 is 0 Å². The molecule has 0 fully saturated rings. The highest BCUT2D eigenvalue weighted by atomic mass is 35.5. The first-order chi connectivity index (χ1) is 9.79. The summed E-state index contributed by atoms with van der Waals surface area (Å²) in [5.41, 5.74) is -7.20. The number of hydrogen-bond acceptors (Lipinski definition) is 5. The number of aromatic nitrogens is 1. The summed E-state index contributed by atoms with van der Waals surface area (Å²) < 4.78 is 104. The molecule has 13 heteroatoms. The summed E-state index contributed by atoms with van der Waals surface area (Å²) >= 11 is 5.53. The highest BCUT2D eigenvalue weighted by Crippen LogP contribution is 2.40. The molecule has 0 radical (unpaired) electrons. The molecule has 1 aromatic rings. The first-order valence-electron chi connectivity index (χ1n) is 5.05. The van der Waals surface area contributed by atoms with Crippen LogP contribution in [0, 0.1) is 0 Å². The lowest BCUT2D eigenvalue weighted by Crippen LogP contribution is -2.33. The third-order valence-corrected chi connectivity index (χ3v) is 3.44. The maximum absolute atomic E-state index is 12.8. The number of nitrogens with zero attached hydrogens (tertiary/aromatic N) is 1. The zero-order chi connectivity index (χ0) is 17.3. The van der Waals surface area contributed by atoms with E-state index in [4.69, 9.17) is 11.6 Å². The van der Waals surface area contributed by atoms with Crippen molar-refractivity contribution >= 4 is 21.7 Å². The van der Waals surface area contributed by atoms with Gasteiger partial charge in [-0.05, 0) is 6.07 Å². The molecule has 0 bridgehead atoms. The molecule has 22 heavy (non-hydrogen) atoms. The summed E-state index contributed by atoms with van der Waals surface area (Å²) in [5, 5.41) is -0.422. The van der Waals surface area contributed by atoms with Crippen molar-refractivity contribution in [3.05, 3.63) is 23.0 Å². The summed E-state index contributed by atoms with van der Waals surface area (Å²) in [6.45, 7) is 0. The number of methoxy groups -OCH3 is 1. The molecule has 0 aliphatic rings. The molecule has 1 unspecified atom stereocenters. The topological polar surface area (TPSA) is 65.5 Å². The number of halogens is 7. The van der Waals surface area contributed by atoms with E-state index in [0.717, 1.165) is 7.11 Å². The highest BCUT2D eigenvalue weighted by molar-refractivity contribution is 7.87. The number of ether oxygens (including phenoxy) is 1. The zero-order valence-corrected chi connectivity index (χ0v) is 11.9. The number of pyridine rings is 1. The average molecular weight is 374 g/mol. The molecule has 0 spiro atoms. The van der Waals surface area contributed by atoms with Gasteiger partial charge in [0.25, 0.3) is 0 Å². The smallest absolute Gasteiger partial charge is 0.494 e. The fourth-order valence-corrected chi connectivity index (χ4v) is 1.99. The van der Waals surface area contributed by atoms with Crippen molar-refractivity contribution in [3.8, 4) is 5.75 Å². The summed E-state index contributed by atoms with van der Waals surface area (Å²) in [6, 6.07) is 0.491. The number of rotatable bonds is 4. The molecule has 0 saturated carbocycles. The minimum absolute atomic E-state index is 0.162. The van der Waals surface area contributed by atoms with Crippen LogP contribution in [-0.4, -0.2) is 32.2 Å². The van der Waals surface area contributed by atoms with E-state index < -0.39 is 38.6 Å². The Morgan fingerprint density at radius 1 is 1.23 bits per heavy atom. The van der Waals surface area contributed by atoms with Crippen molar-refractivity contribution in [1.82, 2.24) is 4.98 Å². The summed E-state index contributed by atoms with van der Waals surface area (Å²) in [7, 11) is -5.37. The Morgan fingerprint density at radius 3 is 2.14 bits per heavy atom. The van der Waals surface area contributed by atoms with Crippen LogP contribution in [0.4, 0.5) is 26.3 Å². The Labute approximate surface area is 124 Å². The molecule has 5 nitrogen and oxygen atoms in total. The first kappa shape index (κ1) is 18.8. The molecule has 1 atom stereocenters. The lowest BCUT2D eigenvalue weighted by atomic mass is 10.2. The second-order valence-corrected chi connectivity index (χ2v) is 5.63. The van der Waals surface area contributed by atoms with Crippen LogP contribution >= 0.6 is 11.6 Å². The third kappa shape index (κ3) is 4.14. The van der Waals surface area contributed by atoms with Gasteiger partial charge in [0, 0.05) is 0 Å². The van der Waals surface area contributed by atoms with Gasteiger partial charge in [0.2, 0.25) is 6.10 Å². The van der Waals surface area contributed by atoms with Crippen molar-refractivity contribution in [2.45, 2.75) is 17.8 Å². The minimum atomic E-state index is -6.49. The Balaban J connectivity index is 3.30. The van der Waals surface area contributed by atoms with Gasteiger partial charge in [0.1, 0.15) is 0 Å². The largest absolute Gasteiger partial charge is 0.523 e. The molecule has 0 aliphatic carbocycles. The Bertz CT molecular complexity index is 644. The average Bonchev–Trinajstić information content (AvgIpc) is 2.33. The summed E-state index contributed by atoms with van der Waals surface area (Å²) in [5.74, 6) is -0.162. The Hall–Kier alpha value is -1.27. The number of hydrogen-bond donors (Lipinski definition) is 0. The monoisotopic (exact) mass is 373 g/mol. The normalized spacial score (nSPS) is 14.7. The van der Waals surface area contributed by atoms with Crippen LogP contribution < -0.4 is 4.74 Å². The van der Waals surface area contributed by atoms with Crippen molar-refractivity contribution in [1.29, 1.82) is 0 Å². The first-order valence-corrected chi connectivity index (χ1v) is 6.84. The van der Waals surface area contributed by atoms with E-state index in [1.165, 1.54) is 0 Å². The van der Waals surface area contributed by atoms with Crippen molar-refractivity contribution in [2.24, 2.45) is 0 Å². The molecule has 0 aromatic carbocycles. The number of alkyl halides is 6. The van der Waals surface area contributed by atoms with E-state index in [1.54, 1.807) is 0 Å². The maximum atomic E-state index is 12.8. The molecular formula is C9H6ClF6NO4S. The van der Waals surface area contributed by atoms with E-state index in [0.29, 0.717) is 12.3 Å². The van der Waals surface area contributed by atoms with Crippen LogP contribution in [0.5, 0.6) is 5.75 Å². The Morgan fingerprint density at radius 2 is 1.77 bits per heavy atom. The van der Waals surface area contributed by atoms with Crippen LogP contribution in [-0.2, 0) is 14.3 Å². The van der Waals surface area contributed by atoms with Gasteiger partial charge >= 0.3 is 21.8 Å². The van der Waals surface area contributed by atoms with Crippen molar-refractivity contribution in [2.75, 3.05) is 7.11 Å². The predicted octanol–water partition coefficient (Wildman–Crippen LogP) is 3.21. The van der Waals surface area contributed by atoms with Crippen LogP contribution in [0.2, 0.25) is 5.02 Å². The standard InChI is InChI=1S/C9H6ClF6NO4S/c1-20-6-3-17-5(2-4(6)10)7(8(11,12)13)21-22(18,19)9(14,15)16/h2-3,7H,1H3. The van der Waals surface area contributed by atoms with Gasteiger partial charge in [-0.2, -0.15) is 34.8 Å². The molecular weight excluding hydrogens is 368 g/mol. The molecule has 1 heterocycles. The molecule has 1 rings (SSSR count).